The SMILES string of the molecule is CCOC(=O)c1c2c(c(C(O)(c3c4c(c(C(=O)OCC)c5c3SC(C)(C)S5)SC(C)(C)S4)c3c4c(c(C(=O)OCC)c5c3SC(C)(C)S5)SC(C)(C)S4)c3c1SC(C)(C)S3)SC(C)(C)S2. The van der Waals surface area contributed by atoms with Crippen LogP contribution in [0.1, 0.15) is 152 Å². The number of ether oxygens (including phenoxy) is 3. The second kappa shape index (κ2) is 16.9. The van der Waals surface area contributed by atoms with Crippen molar-refractivity contribution in [2.75, 3.05) is 19.8 Å². The van der Waals surface area contributed by atoms with Crippen LogP contribution in [0.25, 0.3) is 0 Å². The zero-order valence-corrected chi connectivity index (χ0v) is 48.7. The summed E-state index contributed by atoms with van der Waals surface area (Å²) in [5.74, 6) is -1.09. The van der Waals surface area contributed by atoms with Crippen molar-refractivity contribution in [1.29, 1.82) is 0 Å². The average Bonchev–Trinajstić information content (AvgIpc) is 3.96. The van der Waals surface area contributed by atoms with Gasteiger partial charge in [0.25, 0.3) is 0 Å². The number of hydrogen-bond acceptors (Lipinski definition) is 19. The Balaban J connectivity index is 1.55. The highest BCUT2D eigenvalue weighted by molar-refractivity contribution is 8.23. The third-order valence-corrected chi connectivity index (χ3v) is 27.7. The van der Waals surface area contributed by atoms with Crippen molar-refractivity contribution in [1.82, 2.24) is 0 Å². The summed E-state index contributed by atoms with van der Waals surface area (Å²) in [7, 11) is 0. The van der Waals surface area contributed by atoms with Crippen LogP contribution < -0.4 is 0 Å². The summed E-state index contributed by atoms with van der Waals surface area (Å²) >= 11 is 20.1. The number of rotatable bonds is 9. The number of hydrogen-bond donors (Lipinski definition) is 1. The molecule has 0 unspecified atom stereocenters. The maximum Gasteiger partial charge on any atom is 0.340 e. The molecule has 0 spiro atoms. The van der Waals surface area contributed by atoms with Crippen molar-refractivity contribution >= 4 is 159 Å². The van der Waals surface area contributed by atoms with Gasteiger partial charge >= 0.3 is 17.9 Å². The molecular weight excluding hydrogens is 1050 g/mol. The van der Waals surface area contributed by atoms with Crippen molar-refractivity contribution in [2.24, 2.45) is 0 Å². The Bertz CT molecular complexity index is 2230. The molecule has 19 heteroatoms. The highest BCUT2D eigenvalue weighted by atomic mass is 32.2. The fraction of sp³-hybridized carbons (Fsp3) is 0.543. The molecule has 350 valence electrons. The smallest absolute Gasteiger partial charge is 0.340 e. The van der Waals surface area contributed by atoms with Crippen LogP contribution in [0.3, 0.4) is 0 Å². The molecule has 0 radical (unpaired) electrons. The lowest BCUT2D eigenvalue weighted by atomic mass is 9.78. The summed E-state index contributed by atoms with van der Waals surface area (Å²) in [6.07, 6.45) is 0. The Morgan fingerprint density at radius 2 is 0.508 bits per heavy atom. The number of aliphatic hydroxyl groups is 1. The Labute approximate surface area is 434 Å². The fourth-order valence-corrected chi connectivity index (χ4v) is 26.7. The van der Waals surface area contributed by atoms with Crippen LogP contribution in [0, 0.1) is 0 Å². The molecule has 0 aliphatic carbocycles. The minimum absolute atomic E-state index is 0.233. The van der Waals surface area contributed by atoms with Gasteiger partial charge in [0.1, 0.15) is 5.60 Å². The van der Waals surface area contributed by atoms with Crippen molar-refractivity contribution in [3.63, 3.8) is 0 Å². The Kier molecular flexibility index (Phi) is 13.1. The predicted molar refractivity (Wildman–Crippen MR) is 284 cm³/mol. The zero-order chi connectivity index (χ0) is 47.4. The van der Waals surface area contributed by atoms with Gasteiger partial charge in [0, 0.05) is 75.4 Å². The summed E-state index contributed by atoms with van der Waals surface area (Å²) in [6, 6.07) is 0. The van der Waals surface area contributed by atoms with Crippen LogP contribution in [0.5, 0.6) is 0 Å². The molecule has 6 aliphatic rings. The molecule has 6 aliphatic heterocycles. The number of carbonyl (C=O) groups is 3. The molecule has 65 heavy (non-hydrogen) atoms. The first-order valence-electron chi connectivity index (χ1n) is 21.3. The van der Waals surface area contributed by atoms with E-state index in [2.05, 4.69) is 83.1 Å². The number of fused-ring (bicyclic) bond motifs is 6. The van der Waals surface area contributed by atoms with E-state index in [1.165, 1.54) is 0 Å². The minimum Gasteiger partial charge on any atom is -0.462 e. The topological polar surface area (TPSA) is 99.1 Å². The lowest BCUT2D eigenvalue weighted by Crippen LogP contribution is -2.35. The van der Waals surface area contributed by atoms with Crippen molar-refractivity contribution < 1.29 is 33.7 Å². The van der Waals surface area contributed by atoms with Gasteiger partial charge in [0.2, 0.25) is 0 Å². The monoisotopic (exact) mass is 1100 g/mol. The minimum atomic E-state index is -1.91. The lowest BCUT2D eigenvalue weighted by Gasteiger charge is -2.39. The maximum atomic E-state index is 15.7. The first-order valence-corrected chi connectivity index (χ1v) is 31.1. The number of thioether (sulfide) groups is 12. The second-order valence-electron chi connectivity index (χ2n) is 18.7. The molecule has 0 bridgehead atoms. The largest absolute Gasteiger partial charge is 0.462 e. The van der Waals surface area contributed by atoms with Crippen molar-refractivity contribution in [3.05, 3.63) is 33.4 Å². The van der Waals surface area contributed by atoms with Crippen molar-refractivity contribution in [2.45, 2.75) is 193 Å². The molecule has 0 saturated carbocycles. The quantitative estimate of drug-likeness (QED) is 0.125. The molecule has 3 aromatic carbocycles. The molecular formula is C46H52O7S12. The summed E-state index contributed by atoms with van der Waals surface area (Å²) in [5, 5.41) is 15.7. The van der Waals surface area contributed by atoms with Crippen LogP contribution in [-0.4, -0.2) is 67.3 Å². The Morgan fingerprint density at radius 3 is 0.662 bits per heavy atom. The van der Waals surface area contributed by atoms with E-state index in [0.717, 1.165) is 75.4 Å². The van der Waals surface area contributed by atoms with Crippen LogP contribution in [-0.2, 0) is 19.8 Å². The van der Waals surface area contributed by atoms with Gasteiger partial charge in [0.15, 0.2) is 0 Å². The van der Waals surface area contributed by atoms with E-state index in [1.807, 2.05) is 20.8 Å². The molecule has 0 fully saturated rings. The van der Waals surface area contributed by atoms with Gasteiger partial charge in [0.05, 0.1) is 61.0 Å². The molecule has 0 aromatic heterocycles. The standard InChI is InChI=1S/C46H52O7S12/c1-16-51-37(47)19-25-31(60-40(4,5)54-25)22(32-26(19)55-41(6,7)61-32)46(50,23-33-27(56-42(8,9)62-33)20(38(48)52-17-2)28-34(23)63-43(10,11)57-28)24-35-29(58-44(12,13)64-35)21(39(49)53-18-3)30-36(24)65-45(14,15)59-30/h50H,16-18H2,1-15H3. The molecule has 0 saturated heterocycles. The first kappa shape index (κ1) is 50.2. The highest BCUT2D eigenvalue weighted by Crippen LogP contribution is 2.75. The van der Waals surface area contributed by atoms with Gasteiger partial charge in [-0.3, -0.25) is 0 Å². The van der Waals surface area contributed by atoms with Gasteiger partial charge in [-0.25, -0.2) is 14.4 Å². The first-order chi connectivity index (χ1) is 30.1. The van der Waals surface area contributed by atoms with Gasteiger partial charge in [-0.05, 0) is 104 Å². The fourth-order valence-electron chi connectivity index (χ4n) is 8.75. The molecule has 6 heterocycles. The number of carbonyl (C=O) groups excluding carboxylic acids is 3. The highest BCUT2D eigenvalue weighted by Gasteiger charge is 2.59. The van der Waals surface area contributed by atoms with E-state index in [4.69, 9.17) is 14.2 Å². The molecule has 0 atom stereocenters. The molecule has 1 N–H and O–H groups in total. The van der Waals surface area contributed by atoms with Gasteiger partial charge in [-0.15, -0.1) is 141 Å². The molecule has 3 aromatic rings. The Morgan fingerprint density at radius 1 is 0.354 bits per heavy atom. The average molecular weight is 1100 g/mol. The van der Waals surface area contributed by atoms with Crippen LogP contribution >= 0.6 is 141 Å². The molecule has 7 nitrogen and oxygen atoms in total. The molecule has 0 amide bonds. The lowest BCUT2D eigenvalue weighted by molar-refractivity contribution is 0.0507. The summed E-state index contributed by atoms with van der Waals surface area (Å²) in [5.41, 5.74) is 2.02. The van der Waals surface area contributed by atoms with Crippen LogP contribution in [0.2, 0.25) is 0 Å². The predicted octanol–water partition coefficient (Wildman–Crippen LogP) is 16.1. The van der Waals surface area contributed by atoms with E-state index in [0.29, 0.717) is 16.7 Å². The van der Waals surface area contributed by atoms with E-state index in [9.17, 15) is 14.4 Å². The summed E-state index contributed by atoms with van der Waals surface area (Å²) in [6.45, 7) is 32.4. The van der Waals surface area contributed by atoms with Crippen LogP contribution in [0.15, 0.2) is 58.7 Å². The third kappa shape index (κ3) is 8.48. The third-order valence-electron chi connectivity index (χ3n) is 10.7. The summed E-state index contributed by atoms with van der Waals surface area (Å²) < 4.78 is 15.2. The second-order valence-corrected chi connectivity index (χ2v) is 39.8. The van der Waals surface area contributed by atoms with E-state index in [-0.39, 0.29) is 37.7 Å². The maximum absolute atomic E-state index is 15.7. The van der Waals surface area contributed by atoms with Gasteiger partial charge in [-0.1, -0.05) is 0 Å². The Hall–Kier alpha value is 0.230. The van der Waals surface area contributed by atoms with Crippen LogP contribution in [0.4, 0.5) is 0 Å². The zero-order valence-electron chi connectivity index (χ0n) is 38.9. The van der Waals surface area contributed by atoms with E-state index in [1.54, 1.807) is 141 Å². The van der Waals surface area contributed by atoms with Gasteiger partial charge < -0.3 is 19.3 Å². The summed E-state index contributed by atoms with van der Waals surface area (Å²) in [4.78, 5) is 53.4. The normalized spacial score (nSPS) is 21.6. The van der Waals surface area contributed by atoms with E-state index >= 15 is 5.11 Å². The number of benzene rings is 3. The van der Waals surface area contributed by atoms with E-state index < -0.39 is 30.1 Å². The van der Waals surface area contributed by atoms with Gasteiger partial charge in [-0.2, -0.15) is 0 Å². The molecule has 9 rings (SSSR count). The van der Waals surface area contributed by atoms with Crippen molar-refractivity contribution in [3.8, 4) is 0 Å². The number of esters is 3.